The largest absolute Gasteiger partial charge is 0.313 e. The standard InChI is InChI=1S/C13H14BrN3/c1-15-13(6-10-2-4-16-5-3-10)11-7-12(14)9-17-8-11/h2-5,7-9,13,15H,6H2,1H3. The molecule has 2 aromatic heterocycles. The van der Waals surface area contributed by atoms with E-state index in [-0.39, 0.29) is 6.04 Å². The summed E-state index contributed by atoms with van der Waals surface area (Å²) >= 11 is 3.44. The highest BCUT2D eigenvalue weighted by Crippen LogP contribution is 2.20. The van der Waals surface area contributed by atoms with Crippen LogP contribution >= 0.6 is 15.9 Å². The van der Waals surface area contributed by atoms with Gasteiger partial charge in [0.1, 0.15) is 0 Å². The molecule has 0 aliphatic rings. The molecule has 1 atom stereocenters. The minimum Gasteiger partial charge on any atom is -0.313 e. The van der Waals surface area contributed by atoms with Crippen molar-refractivity contribution in [3.63, 3.8) is 0 Å². The third-order valence-electron chi connectivity index (χ3n) is 2.67. The molecule has 2 rings (SSSR count). The fourth-order valence-electron chi connectivity index (χ4n) is 1.76. The molecule has 1 N–H and O–H groups in total. The Kier molecular flexibility index (Phi) is 4.23. The molecule has 0 fully saturated rings. The van der Waals surface area contributed by atoms with Gasteiger partial charge in [0, 0.05) is 35.3 Å². The molecule has 1 unspecified atom stereocenters. The van der Waals surface area contributed by atoms with Crippen LogP contribution in [0.4, 0.5) is 0 Å². The molecule has 0 spiro atoms. The second-order valence-corrected chi connectivity index (χ2v) is 4.75. The summed E-state index contributed by atoms with van der Waals surface area (Å²) in [6.45, 7) is 0. The van der Waals surface area contributed by atoms with Crippen molar-refractivity contribution >= 4 is 15.9 Å². The third-order valence-corrected chi connectivity index (χ3v) is 3.10. The van der Waals surface area contributed by atoms with E-state index in [9.17, 15) is 0 Å². The quantitative estimate of drug-likeness (QED) is 0.941. The predicted molar refractivity (Wildman–Crippen MR) is 71.7 cm³/mol. The van der Waals surface area contributed by atoms with Crippen molar-refractivity contribution in [3.8, 4) is 0 Å². The van der Waals surface area contributed by atoms with Crippen LogP contribution in [0.5, 0.6) is 0 Å². The van der Waals surface area contributed by atoms with Gasteiger partial charge >= 0.3 is 0 Å². The van der Waals surface area contributed by atoms with E-state index < -0.39 is 0 Å². The molecule has 0 aliphatic carbocycles. The minimum absolute atomic E-state index is 0.266. The van der Waals surface area contributed by atoms with Crippen molar-refractivity contribution in [2.24, 2.45) is 0 Å². The second kappa shape index (κ2) is 5.89. The Morgan fingerprint density at radius 1 is 1.24 bits per heavy atom. The van der Waals surface area contributed by atoms with Gasteiger partial charge in [-0.2, -0.15) is 0 Å². The molecule has 0 saturated heterocycles. The number of halogens is 1. The summed E-state index contributed by atoms with van der Waals surface area (Å²) in [6.07, 6.45) is 8.26. The first-order valence-electron chi connectivity index (χ1n) is 5.46. The summed E-state index contributed by atoms with van der Waals surface area (Å²) in [5, 5.41) is 3.31. The normalized spacial score (nSPS) is 12.4. The van der Waals surface area contributed by atoms with E-state index in [2.05, 4.69) is 37.3 Å². The molecule has 17 heavy (non-hydrogen) atoms. The van der Waals surface area contributed by atoms with Crippen LogP contribution < -0.4 is 5.32 Å². The number of hydrogen-bond acceptors (Lipinski definition) is 3. The molecule has 4 heteroatoms. The van der Waals surface area contributed by atoms with E-state index in [0.29, 0.717) is 0 Å². The van der Waals surface area contributed by atoms with Crippen LogP contribution in [0, 0.1) is 0 Å². The Morgan fingerprint density at radius 3 is 2.65 bits per heavy atom. The molecular weight excluding hydrogens is 278 g/mol. The van der Waals surface area contributed by atoms with Gasteiger partial charge in [0.15, 0.2) is 0 Å². The summed E-state index contributed by atoms with van der Waals surface area (Å²) in [7, 11) is 1.97. The van der Waals surface area contributed by atoms with Gasteiger partial charge in [-0.05, 0) is 58.7 Å². The van der Waals surface area contributed by atoms with Crippen LogP contribution in [-0.2, 0) is 6.42 Å². The van der Waals surface area contributed by atoms with Crippen molar-refractivity contribution in [2.45, 2.75) is 12.5 Å². The van der Waals surface area contributed by atoms with E-state index >= 15 is 0 Å². The second-order valence-electron chi connectivity index (χ2n) is 3.84. The number of rotatable bonds is 4. The fourth-order valence-corrected chi connectivity index (χ4v) is 2.14. The molecule has 0 aliphatic heterocycles. The maximum Gasteiger partial charge on any atom is 0.0410 e. The van der Waals surface area contributed by atoms with Crippen molar-refractivity contribution in [1.82, 2.24) is 15.3 Å². The van der Waals surface area contributed by atoms with E-state index in [4.69, 9.17) is 0 Å². The molecule has 88 valence electrons. The fraction of sp³-hybridized carbons (Fsp3) is 0.231. The van der Waals surface area contributed by atoms with Crippen molar-refractivity contribution in [1.29, 1.82) is 0 Å². The zero-order chi connectivity index (χ0) is 12.1. The highest BCUT2D eigenvalue weighted by Gasteiger charge is 2.10. The molecule has 0 saturated carbocycles. The van der Waals surface area contributed by atoms with Crippen LogP contribution in [0.2, 0.25) is 0 Å². The van der Waals surface area contributed by atoms with Gasteiger partial charge in [-0.15, -0.1) is 0 Å². The van der Waals surface area contributed by atoms with Crippen molar-refractivity contribution in [3.05, 3.63) is 58.6 Å². The monoisotopic (exact) mass is 291 g/mol. The number of pyridine rings is 2. The Labute approximate surface area is 109 Å². The van der Waals surface area contributed by atoms with Crippen LogP contribution in [0.3, 0.4) is 0 Å². The lowest BCUT2D eigenvalue weighted by Crippen LogP contribution is -2.19. The Morgan fingerprint density at radius 2 is 2.00 bits per heavy atom. The molecule has 0 amide bonds. The average Bonchev–Trinajstić information content (AvgIpc) is 2.37. The summed E-state index contributed by atoms with van der Waals surface area (Å²) in [6, 6.07) is 6.43. The van der Waals surface area contributed by atoms with Crippen molar-refractivity contribution < 1.29 is 0 Å². The molecule has 0 radical (unpaired) electrons. The summed E-state index contributed by atoms with van der Waals surface area (Å²) < 4.78 is 1.00. The molecule has 2 aromatic rings. The first-order chi connectivity index (χ1) is 8.29. The van der Waals surface area contributed by atoms with E-state index in [0.717, 1.165) is 10.9 Å². The summed E-state index contributed by atoms with van der Waals surface area (Å²) in [5.74, 6) is 0. The van der Waals surface area contributed by atoms with E-state index in [1.807, 2.05) is 37.8 Å². The number of nitrogens with one attached hydrogen (secondary N) is 1. The zero-order valence-electron chi connectivity index (χ0n) is 9.60. The topological polar surface area (TPSA) is 37.8 Å². The molecular formula is C13H14BrN3. The molecule has 0 aromatic carbocycles. The zero-order valence-corrected chi connectivity index (χ0v) is 11.2. The number of nitrogens with zero attached hydrogens (tertiary/aromatic N) is 2. The number of hydrogen-bond donors (Lipinski definition) is 1. The van der Waals surface area contributed by atoms with Gasteiger partial charge in [-0.1, -0.05) is 0 Å². The third kappa shape index (κ3) is 3.35. The summed E-state index contributed by atoms with van der Waals surface area (Å²) in [5.41, 5.74) is 2.44. The lowest BCUT2D eigenvalue weighted by atomic mass is 10.0. The first kappa shape index (κ1) is 12.2. The maximum absolute atomic E-state index is 4.20. The number of aromatic nitrogens is 2. The van der Waals surface area contributed by atoms with Gasteiger partial charge in [-0.3, -0.25) is 9.97 Å². The minimum atomic E-state index is 0.266. The SMILES string of the molecule is CNC(Cc1ccncc1)c1cncc(Br)c1. The van der Waals surface area contributed by atoms with Gasteiger partial charge in [-0.25, -0.2) is 0 Å². The van der Waals surface area contributed by atoms with Gasteiger partial charge < -0.3 is 5.32 Å². The smallest absolute Gasteiger partial charge is 0.0410 e. The van der Waals surface area contributed by atoms with E-state index in [1.54, 1.807) is 6.20 Å². The lowest BCUT2D eigenvalue weighted by Gasteiger charge is -2.16. The summed E-state index contributed by atoms with van der Waals surface area (Å²) in [4.78, 5) is 8.22. The highest BCUT2D eigenvalue weighted by molar-refractivity contribution is 9.10. The van der Waals surface area contributed by atoms with Gasteiger partial charge in [0.2, 0.25) is 0 Å². The van der Waals surface area contributed by atoms with Gasteiger partial charge in [0.05, 0.1) is 0 Å². The Hall–Kier alpha value is -1.26. The van der Waals surface area contributed by atoms with Crippen LogP contribution in [0.1, 0.15) is 17.2 Å². The average molecular weight is 292 g/mol. The number of likely N-dealkylation sites (N-methyl/N-ethyl adjacent to an activating group) is 1. The Bertz CT molecular complexity index is 473. The van der Waals surface area contributed by atoms with Crippen LogP contribution in [0.15, 0.2) is 47.5 Å². The maximum atomic E-state index is 4.20. The predicted octanol–water partition coefficient (Wildman–Crippen LogP) is 2.74. The molecule has 3 nitrogen and oxygen atoms in total. The van der Waals surface area contributed by atoms with Gasteiger partial charge in [0.25, 0.3) is 0 Å². The van der Waals surface area contributed by atoms with Crippen molar-refractivity contribution in [2.75, 3.05) is 7.05 Å². The van der Waals surface area contributed by atoms with Crippen LogP contribution in [0.25, 0.3) is 0 Å². The van der Waals surface area contributed by atoms with Crippen LogP contribution in [-0.4, -0.2) is 17.0 Å². The van der Waals surface area contributed by atoms with E-state index in [1.165, 1.54) is 11.1 Å². The molecule has 0 bridgehead atoms. The lowest BCUT2D eigenvalue weighted by molar-refractivity contribution is 0.589. The first-order valence-corrected chi connectivity index (χ1v) is 6.25. The highest BCUT2D eigenvalue weighted by atomic mass is 79.9. The molecule has 2 heterocycles. The Balaban J connectivity index is 2.17.